The minimum atomic E-state index is -0.234. The summed E-state index contributed by atoms with van der Waals surface area (Å²) in [6, 6.07) is 61.5. The van der Waals surface area contributed by atoms with Gasteiger partial charge in [-0.1, -0.05) is 205 Å². The van der Waals surface area contributed by atoms with Crippen molar-refractivity contribution in [1.29, 1.82) is 0 Å². The van der Waals surface area contributed by atoms with Crippen LogP contribution in [0.4, 0.5) is 51.2 Å². The number of hydrogen-bond donors (Lipinski definition) is 0. The molecule has 9 aromatic rings. The standard InChI is InChI=1S/C73H69B6N3/c1-69(2,3)43-24-28-47(29-25-43)80-59-41-49(82(68-65(77)63(75)62(74)64(76)66(68)78)57-34-26-44(70(4,5)6)36-52(57)42-20-16-15-17-21-42)31-33-55(59)79-56-37-45(71(7,8)9)27-35-58(56)81(61-39-46(72(10,11)12)38-60(80)67(61)79)48-30-32-51-50-22-18-19-23-53(50)73(13,14)54(51)40-48/h15-41H,1-14H3. The highest BCUT2D eigenvalue weighted by molar-refractivity contribution is 7.00. The number of hydrogen-bond acceptors (Lipinski definition) is 3. The molecular formula is C73H69B6N3. The van der Waals surface area contributed by atoms with E-state index in [1.54, 1.807) is 0 Å². The van der Waals surface area contributed by atoms with Gasteiger partial charge in [-0.25, -0.2) is 0 Å². The average Bonchev–Trinajstić information content (AvgIpc) is 1.26. The molecule has 394 valence electrons. The van der Waals surface area contributed by atoms with Crippen molar-refractivity contribution in [2.75, 3.05) is 14.7 Å². The van der Waals surface area contributed by atoms with E-state index in [0.29, 0.717) is 5.69 Å². The molecular weight excluding hydrogens is 984 g/mol. The van der Waals surface area contributed by atoms with Gasteiger partial charge in [0.2, 0.25) is 0 Å². The minimum Gasteiger partial charge on any atom is -0.311 e. The summed E-state index contributed by atoms with van der Waals surface area (Å²) in [5, 5.41) is 0. The zero-order valence-electron chi connectivity index (χ0n) is 50.4. The monoisotopic (exact) mass is 1050 g/mol. The van der Waals surface area contributed by atoms with Crippen LogP contribution in [0.3, 0.4) is 0 Å². The summed E-state index contributed by atoms with van der Waals surface area (Å²) < 4.78 is 0. The lowest BCUT2D eigenvalue weighted by molar-refractivity contribution is 0.590. The smallest absolute Gasteiger partial charge is 0.252 e. The van der Waals surface area contributed by atoms with Crippen LogP contribution in [0, 0.1) is 0 Å². The Kier molecular flexibility index (Phi) is 12.9. The normalized spacial score (nSPS) is 14.2. The van der Waals surface area contributed by atoms with Gasteiger partial charge in [-0.15, -0.1) is 16.4 Å². The second kappa shape index (κ2) is 19.2. The number of anilines is 9. The summed E-state index contributed by atoms with van der Waals surface area (Å²) in [7, 11) is 34.8. The predicted octanol–water partition coefficient (Wildman–Crippen LogP) is 12.4. The third-order valence-corrected chi connectivity index (χ3v) is 17.9. The first-order valence-electron chi connectivity index (χ1n) is 29.0. The fourth-order valence-electron chi connectivity index (χ4n) is 13.0. The van der Waals surface area contributed by atoms with Crippen molar-refractivity contribution in [2.45, 2.75) is 124 Å². The first kappa shape index (κ1) is 55.3. The molecule has 0 atom stereocenters. The maximum Gasteiger partial charge on any atom is 0.252 e. The second-order valence-corrected chi connectivity index (χ2v) is 27.8. The SMILES string of the molecule is [B]c1c([B])c([B])c(N(c2ccc3c(c2)N(c2ccc(C(C)(C)C)cc2)c2cc(C(C)(C)C)cc4c2B3c2cc(C(C)(C)C)ccc2N4c2ccc3c(c2)C(C)(C)c2ccccc2-3)c2ccc(C(C)(C)C)cc2-c2ccccc2)c([B])c1[B]. The molecule has 9 heteroatoms. The van der Waals surface area contributed by atoms with Crippen molar-refractivity contribution >= 4 is 141 Å². The minimum absolute atomic E-state index is 0.0647. The van der Waals surface area contributed by atoms with Crippen LogP contribution in [0.5, 0.6) is 0 Å². The molecule has 9 aromatic carbocycles. The van der Waals surface area contributed by atoms with Gasteiger partial charge in [0.1, 0.15) is 39.2 Å². The van der Waals surface area contributed by atoms with Gasteiger partial charge < -0.3 is 14.7 Å². The van der Waals surface area contributed by atoms with Crippen molar-refractivity contribution in [3.63, 3.8) is 0 Å². The molecule has 0 saturated heterocycles. The zero-order valence-corrected chi connectivity index (χ0v) is 50.4. The molecule has 0 aromatic heterocycles. The average molecular weight is 1050 g/mol. The lowest BCUT2D eigenvalue weighted by atomic mass is 9.33. The Labute approximate surface area is 496 Å². The van der Waals surface area contributed by atoms with E-state index >= 15 is 0 Å². The van der Waals surface area contributed by atoms with E-state index in [4.69, 9.17) is 39.2 Å². The molecule has 1 aliphatic carbocycles. The van der Waals surface area contributed by atoms with Crippen LogP contribution in [0.25, 0.3) is 22.3 Å². The Morgan fingerprint density at radius 3 is 1.54 bits per heavy atom. The Bertz CT molecular complexity index is 4050. The van der Waals surface area contributed by atoms with Crippen molar-refractivity contribution < 1.29 is 0 Å². The first-order valence-corrected chi connectivity index (χ1v) is 29.0. The van der Waals surface area contributed by atoms with Crippen LogP contribution in [0.1, 0.15) is 130 Å². The summed E-state index contributed by atoms with van der Waals surface area (Å²) in [5.74, 6) is 0. The topological polar surface area (TPSA) is 9.72 Å². The predicted molar refractivity (Wildman–Crippen MR) is 360 cm³/mol. The van der Waals surface area contributed by atoms with Gasteiger partial charge in [0.15, 0.2) is 0 Å². The molecule has 0 N–H and O–H groups in total. The molecule has 2 aliphatic heterocycles. The molecule has 2 heterocycles. The quantitative estimate of drug-likeness (QED) is 0.154. The van der Waals surface area contributed by atoms with E-state index in [-0.39, 0.29) is 61.1 Å². The van der Waals surface area contributed by atoms with Crippen LogP contribution in [-0.4, -0.2) is 45.9 Å². The van der Waals surface area contributed by atoms with Gasteiger partial charge in [-0.3, -0.25) is 0 Å². The third kappa shape index (κ3) is 8.85. The van der Waals surface area contributed by atoms with E-state index < -0.39 is 0 Å². The molecule has 3 nitrogen and oxygen atoms in total. The van der Waals surface area contributed by atoms with E-state index in [2.05, 4.69) is 269 Å². The summed E-state index contributed by atoms with van der Waals surface area (Å²) in [6.45, 7) is 32.0. The largest absolute Gasteiger partial charge is 0.311 e. The summed E-state index contributed by atoms with van der Waals surface area (Å²) in [4.78, 5) is 7.23. The summed E-state index contributed by atoms with van der Waals surface area (Å²) in [6.07, 6.45) is 0. The van der Waals surface area contributed by atoms with Crippen LogP contribution in [0.2, 0.25) is 0 Å². The molecule has 0 saturated carbocycles. The third-order valence-electron chi connectivity index (χ3n) is 17.9. The number of fused-ring (bicyclic) bond motifs is 7. The fraction of sp³-hybridized carbons (Fsp3) is 0.260. The van der Waals surface area contributed by atoms with E-state index in [0.717, 1.165) is 50.9 Å². The highest BCUT2D eigenvalue weighted by Crippen LogP contribution is 2.53. The summed E-state index contributed by atoms with van der Waals surface area (Å²) >= 11 is 0. The van der Waals surface area contributed by atoms with Gasteiger partial charge in [0.25, 0.3) is 6.71 Å². The molecule has 82 heavy (non-hydrogen) atoms. The van der Waals surface area contributed by atoms with Gasteiger partial charge in [-0.05, 0) is 155 Å². The van der Waals surface area contributed by atoms with Crippen LogP contribution >= 0.6 is 0 Å². The highest BCUT2D eigenvalue weighted by atomic mass is 15.2. The van der Waals surface area contributed by atoms with Gasteiger partial charge in [0.05, 0.1) is 5.69 Å². The molecule has 0 bridgehead atoms. The van der Waals surface area contributed by atoms with Crippen LogP contribution in [-0.2, 0) is 27.1 Å². The maximum atomic E-state index is 7.24. The van der Waals surface area contributed by atoms with Crippen LogP contribution < -0.4 is 58.4 Å². The number of rotatable bonds is 6. The zero-order chi connectivity index (χ0) is 58.5. The van der Waals surface area contributed by atoms with Gasteiger partial charge in [0, 0.05) is 56.5 Å². The maximum absolute atomic E-state index is 7.24. The molecule has 0 fully saturated rings. The van der Waals surface area contributed by atoms with E-state index in [9.17, 15) is 0 Å². The second-order valence-electron chi connectivity index (χ2n) is 27.8. The molecule has 0 unspecified atom stereocenters. The molecule has 3 aliphatic rings. The Balaban J connectivity index is 1.19. The lowest BCUT2D eigenvalue weighted by Gasteiger charge is -2.46. The van der Waals surface area contributed by atoms with Crippen molar-refractivity contribution in [3.8, 4) is 22.3 Å². The van der Waals surface area contributed by atoms with Crippen molar-refractivity contribution in [1.82, 2.24) is 0 Å². The van der Waals surface area contributed by atoms with Gasteiger partial charge in [-0.2, -0.15) is 0 Å². The molecule has 0 spiro atoms. The number of nitrogens with zero attached hydrogens (tertiary/aromatic N) is 3. The van der Waals surface area contributed by atoms with Crippen molar-refractivity contribution in [3.05, 3.63) is 197 Å². The van der Waals surface area contributed by atoms with E-state index in [1.807, 2.05) is 6.07 Å². The van der Waals surface area contributed by atoms with Crippen molar-refractivity contribution in [2.24, 2.45) is 0 Å². The lowest BCUT2D eigenvalue weighted by Crippen LogP contribution is -2.61. The van der Waals surface area contributed by atoms with Gasteiger partial charge >= 0.3 is 0 Å². The summed E-state index contributed by atoms with van der Waals surface area (Å²) in [5.41, 5.74) is 25.0. The molecule has 0 amide bonds. The van der Waals surface area contributed by atoms with E-state index in [1.165, 1.54) is 66.6 Å². The highest BCUT2D eigenvalue weighted by Gasteiger charge is 2.46. The fourth-order valence-corrected chi connectivity index (χ4v) is 13.0. The Morgan fingerprint density at radius 2 is 0.915 bits per heavy atom. The Hall–Kier alpha value is -7.23. The Morgan fingerprint density at radius 1 is 0.390 bits per heavy atom. The first-order chi connectivity index (χ1) is 38.5. The molecule has 12 rings (SSSR count). The molecule has 10 radical (unpaired) electrons. The number of benzene rings is 9. The van der Waals surface area contributed by atoms with Crippen LogP contribution in [0.15, 0.2) is 164 Å².